The third-order valence-electron chi connectivity index (χ3n) is 4.27. The minimum absolute atomic E-state index is 0.0475. The molecule has 7 heteroatoms. The van der Waals surface area contributed by atoms with Crippen LogP contribution in [0.2, 0.25) is 0 Å². The molecule has 0 radical (unpaired) electrons. The maximum Gasteiger partial charge on any atom is 0.246 e. The van der Waals surface area contributed by atoms with Gasteiger partial charge in [-0.05, 0) is 31.8 Å². The Kier molecular flexibility index (Phi) is 6.11. The van der Waals surface area contributed by atoms with Crippen molar-refractivity contribution < 1.29 is 9.59 Å². The third-order valence-corrected chi connectivity index (χ3v) is 4.27. The van der Waals surface area contributed by atoms with Crippen molar-refractivity contribution in [3.05, 3.63) is 24.8 Å². The van der Waals surface area contributed by atoms with Gasteiger partial charge in [-0.3, -0.25) is 9.59 Å². The maximum atomic E-state index is 12.7. The Bertz CT molecular complexity index is 596. The molecule has 0 N–H and O–H groups in total. The first-order valence-electron chi connectivity index (χ1n) is 8.56. The molecule has 1 aromatic heterocycles. The van der Waals surface area contributed by atoms with Crippen molar-refractivity contribution in [1.82, 2.24) is 24.6 Å². The van der Waals surface area contributed by atoms with Crippen molar-refractivity contribution in [2.24, 2.45) is 5.92 Å². The molecule has 0 aliphatic carbocycles. The van der Waals surface area contributed by atoms with E-state index in [2.05, 4.69) is 30.6 Å². The molecule has 1 aliphatic heterocycles. The number of hydrogen-bond donors (Lipinski definition) is 0. The molecule has 1 unspecified atom stereocenters. The van der Waals surface area contributed by atoms with Gasteiger partial charge in [-0.2, -0.15) is 0 Å². The van der Waals surface area contributed by atoms with Gasteiger partial charge < -0.3 is 14.4 Å². The lowest BCUT2D eigenvalue weighted by Gasteiger charge is -2.27. The van der Waals surface area contributed by atoms with E-state index in [1.165, 1.54) is 11.0 Å². The second-order valence-electron chi connectivity index (χ2n) is 6.54. The van der Waals surface area contributed by atoms with Crippen LogP contribution in [0.4, 0.5) is 0 Å². The van der Waals surface area contributed by atoms with Crippen LogP contribution in [-0.4, -0.2) is 56.0 Å². The predicted octanol–water partition coefficient (Wildman–Crippen LogP) is 1.63. The van der Waals surface area contributed by atoms with Crippen molar-refractivity contribution in [3.63, 3.8) is 0 Å². The van der Waals surface area contributed by atoms with Crippen molar-refractivity contribution in [2.75, 3.05) is 19.6 Å². The van der Waals surface area contributed by atoms with E-state index in [-0.39, 0.29) is 24.4 Å². The number of carbonyl (C=O) groups is 2. The fourth-order valence-corrected chi connectivity index (χ4v) is 3.12. The van der Waals surface area contributed by atoms with Crippen LogP contribution < -0.4 is 0 Å². The molecular formula is C17H27N5O2. The molecule has 0 aromatic carbocycles. The number of carbonyl (C=O) groups excluding carboxylic acids is 2. The molecule has 132 valence electrons. The van der Waals surface area contributed by atoms with E-state index < -0.39 is 0 Å². The van der Waals surface area contributed by atoms with Crippen LogP contribution in [0.3, 0.4) is 0 Å². The van der Waals surface area contributed by atoms with Crippen LogP contribution >= 0.6 is 0 Å². The summed E-state index contributed by atoms with van der Waals surface area (Å²) in [7, 11) is 0. The average molecular weight is 333 g/mol. The largest absolute Gasteiger partial charge is 0.331 e. The highest BCUT2D eigenvalue weighted by atomic mass is 16.2. The monoisotopic (exact) mass is 333 g/mol. The molecule has 1 saturated heterocycles. The maximum absolute atomic E-state index is 12.7. The predicted molar refractivity (Wildman–Crippen MR) is 91.0 cm³/mol. The van der Waals surface area contributed by atoms with Crippen LogP contribution in [0.15, 0.2) is 19.0 Å². The number of nitrogens with zero attached hydrogens (tertiary/aromatic N) is 5. The fraction of sp³-hybridized carbons (Fsp3) is 0.647. The summed E-state index contributed by atoms with van der Waals surface area (Å²) in [6.45, 7) is 11.7. The highest BCUT2D eigenvalue weighted by Gasteiger charge is 2.34. The van der Waals surface area contributed by atoms with Gasteiger partial charge in [-0.25, -0.2) is 0 Å². The summed E-state index contributed by atoms with van der Waals surface area (Å²) in [4.78, 5) is 27.8. The minimum Gasteiger partial charge on any atom is -0.331 e. The summed E-state index contributed by atoms with van der Waals surface area (Å²) < 4.78 is 2.04. The first-order chi connectivity index (χ1) is 11.5. The summed E-state index contributed by atoms with van der Waals surface area (Å²) in [5, 5.41) is 8.29. The second kappa shape index (κ2) is 8.08. The number of hydrogen-bond acceptors (Lipinski definition) is 4. The summed E-state index contributed by atoms with van der Waals surface area (Å²) in [6, 6.07) is -0.0590. The summed E-state index contributed by atoms with van der Waals surface area (Å²) >= 11 is 0. The van der Waals surface area contributed by atoms with Gasteiger partial charge in [0.25, 0.3) is 0 Å². The van der Waals surface area contributed by atoms with Gasteiger partial charge >= 0.3 is 0 Å². The van der Waals surface area contributed by atoms with Gasteiger partial charge in [-0.15, -0.1) is 10.2 Å². The molecule has 1 fully saturated rings. The highest BCUT2D eigenvalue weighted by molar-refractivity contribution is 5.91. The van der Waals surface area contributed by atoms with E-state index >= 15 is 0 Å². The zero-order valence-corrected chi connectivity index (χ0v) is 14.8. The Morgan fingerprint density at radius 2 is 2.25 bits per heavy atom. The van der Waals surface area contributed by atoms with E-state index in [9.17, 15) is 9.59 Å². The molecule has 2 amide bonds. The molecule has 2 heterocycles. The summed E-state index contributed by atoms with van der Waals surface area (Å²) in [6.07, 6.45) is 4.80. The highest BCUT2D eigenvalue weighted by Crippen LogP contribution is 2.31. The van der Waals surface area contributed by atoms with Crippen LogP contribution in [0.1, 0.15) is 45.5 Å². The smallest absolute Gasteiger partial charge is 0.246 e. The molecule has 1 aliphatic rings. The number of amides is 2. The zero-order valence-electron chi connectivity index (χ0n) is 14.8. The Morgan fingerprint density at radius 3 is 2.88 bits per heavy atom. The number of aromatic nitrogens is 3. The molecule has 0 saturated carbocycles. The SMILES string of the molecule is C=CC(=O)N(CC)CC(=O)N1CCCC1c1nncn1CC(C)C. The number of rotatable bonds is 7. The summed E-state index contributed by atoms with van der Waals surface area (Å²) in [5.41, 5.74) is 0. The van der Waals surface area contributed by atoms with Gasteiger partial charge in [0, 0.05) is 19.6 Å². The van der Waals surface area contributed by atoms with Crippen molar-refractivity contribution in [1.29, 1.82) is 0 Å². The van der Waals surface area contributed by atoms with Crippen LogP contribution in [0.25, 0.3) is 0 Å². The fourth-order valence-electron chi connectivity index (χ4n) is 3.12. The molecule has 1 aromatic rings. The quantitative estimate of drug-likeness (QED) is 0.711. The van der Waals surface area contributed by atoms with E-state index in [4.69, 9.17) is 0 Å². The van der Waals surface area contributed by atoms with E-state index in [1.54, 1.807) is 6.33 Å². The zero-order chi connectivity index (χ0) is 17.7. The van der Waals surface area contributed by atoms with Crippen molar-refractivity contribution in [3.8, 4) is 0 Å². The molecule has 7 nitrogen and oxygen atoms in total. The minimum atomic E-state index is -0.218. The third kappa shape index (κ3) is 4.01. The van der Waals surface area contributed by atoms with E-state index in [0.29, 0.717) is 19.0 Å². The first kappa shape index (κ1) is 18.2. The lowest BCUT2D eigenvalue weighted by molar-refractivity contribution is -0.138. The van der Waals surface area contributed by atoms with E-state index in [0.717, 1.165) is 25.2 Å². The molecule has 0 bridgehead atoms. The molecular weight excluding hydrogens is 306 g/mol. The van der Waals surface area contributed by atoms with Crippen LogP contribution in [0.5, 0.6) is 0 Å². The number of likely N-dealkylation sites (N-methyl/N-ethyl adjacent to an activating group) is 1. The molecule has 24 heavy (non-hydrogen) atoms. The van der Waals surface area contributed by atoms with Crippen LogP contribution in [-0.2, 0) is 16.1 Å². The standard InChI is InChI=1S/C17H27N5O2/c1-5-15(23)20(6-2)11-16(24)22-9-7-8-14(22)17-19-18-12-21(17)10-13(3)4/h5,12-14H,1,6-11H2,2-4H3. The molecule has 0 spiro atoms. The van der Waals surface area contributed by atoms with Crippen molar-refractivity contribution >= 4 is 11.8 Å². The Hall–Kier alpha value is -2.18. The van der Waals surface area contributed by atoms with Crippen molar-refractivity contribution in [2.45, 2.75) is 46.2 Å². The average Bonchev–Trinajstić information content (AvgIpc) is 3.19. The molecule has 1 atom stereocenters. The summed E-state index contributed by atoms with van der Waals surface area (Å²) in [5.74, 6) is 1.05. The molecule has 2 rings (SSSR count). The second-order valence-corrected chi connectivity index (χ2v) is 6.54. The van der Waals surface area contributed by atoms with Gasteiger partial charge in [0.1, 0.15) is 12.9 Å². The first-order valence-corrected chi connectivity index (χ1v) is 8.56. The lowest BCUT2D eigenvalue weighted by atomic mass is 10.2. The van der Waals surface area contributed by atoms with Gasteiger partial charge in [0.2, 0.25) is 11.8 Å². The van der Waals surface area contributed by atoms with Gasteiger partial charge in [0.05, 0.1) is 6.04 Å². The van der Waals surface area contributed by atoms with E-state index in [1.807, 2.05) is 16.4 Å². The Labute approximate surface area is 143 Å². The normalized spacial score (nSPS) is 17.3. The van der Waals surface area contributed by atoms with Crippen LogP contribution in [0, 0.1) is 5.92 Å². The van der Waals surface area contributed by atoms with Gasteiger partial charge in [-0.1, -0.05) is 20.4 Å². The Morgan fingerprint density at radius 1 is 1.50 bits per heavy atom. The topological polar surface area (TPSA) is 71.3 Å². The van der Waals surface area contributed by atoms with Gasteiger partial charge in [0.15, 0.2) is 5.82 Å². The lowest BCUT2D eigenvalue weighted by Crippen LogP contribution is -2.42. The number of likely N-dealkylation sites (tertiary alicyclic amines) is 1. The Balaban J connectivity index is 2.12.